The summed E-state index contributed by atoms with van der Waals surface area (Å²) in [6, 6.07) is 11.6. The molecule has 116 valence electrons. The third-order valence-corrected chi connectivity index (χ3v) is 3.60. The lowest BCUT2D eigenvalue weighted by Gasteiger charge is -2.10. The minimum Gasteiger partial charge on any atom is -0.476 e. The number of aryl methyl sites for hydroxylation is 2. The van der Waals surface area contributed by atoms with E-state index >= 15 is 0 Å². The number of nitrogens with zero attached hydrogens (tertiary/aromatic N) is 3. The van der Waals surface area contributed by atoms with Gasteiger partial charge < -0.3 is 5.11 Å². The van der Waals surface area contributed by atoms with Crippen LogP contribution in [0, 0.1) is 19.7 Å². The molecule has 0 saturated heterocycles. The maximum Gasteiger partial charge on any atom is 0.358 e. The number of rotatable bonds is 3. The molecular weight excluding hydrogens is 297 g/mol. The minimum atomic E-state index is -1.18. The van der Waals surface area contributed by atoms with Crippen molar-refractivity contribution in [1.82, 2.24) is 15.0 Å². The van der Waals surface area contributed by atoms with Crippen molar-refractivity contribution in [2.75, 3.05) is 0 Å². The Morgan fingerprint density at radius 3 is 2.48 bits per heavy atom. The van der Waals surface area contributed by atoms with E-state index in [1.165, 1.54) is 16.8 Å². The van der Waals surface area contributed by atoms with Crippen LogP contribution < -0.4 is 0 Å². The zero-order valence-electron chi connectivity index (χ0n) is 12.6. The van der Waals surface area contributed by atoms with Crippen LogP contribution in [0.15, 0.2) is 42.5 Å². The number of halogens is 1. The fourth-order valence-electron chi connectivity index (χ4n) is 2.38. The summed E-state index contributed by atoms with van der Waals surface area (Å²) in [6.45, 7) is 3.74. The van der Waals surface area contributed by atoms with E-state index in [0.717, 1.165) is 11.1 Å². The summed E-state index contributed by atoms with van der Waals surface area (Å²) >= 11 is 0. The van der Waals surface area contributed by atoms with Gasteiger partial charge >= 0.3 is 5.97 Å². The van der Waals surface area contributed by atoms with Gasteiger partial charge in [-0.3, -0.25) is 0 Å². The SMILES string of the molecule is Cc1ccc(-c2c(C(=O)O)nnn2-c2cc(F)ccc2C)cc1. The standard InChI is InChI=1S/C17H14FN3O2/c1-10-3-6-12(7-4-10)16-15(17(22)23)19-20-21(16)14-9-13(18)8-5-11(14)2/h3-9H,1-2H3,(H,22,23). The Balaban J connectivity index is 2.28. The van der Waals surface area contributed by atoms with Crippen LogP contribution in [0.5, 0.6) is 0 Å². The summed E-state index contributed by atoms with van der Waals surface area (Å²) in [5.41, 5.74) is 3.08. The lowest BCUT2D eigenvalue weighted by molar-refractivity contribution is 0.0691. The van der Waals surface area contributed by atoms with Crippen LogP contribution in [0.2, 0.25) is 0 Å². The molecule has 1 aromatic heterocycles. The van der Waals surface area contributed by atoms with Crippen molar-refractivity contribution < 1.29 is 14.3 Å². The molecule has 1 heterocycles. The third-order valence-electron chi connectivity index (χ3n) is 3.60. The molecule has 0 aliphatic carbocycles. The monoisotopic (exact) mass is 311 g/mol. The van der Waals surface area contributed by atoms with Crippen LogP contribution >= 0.6 is 0 Å². The van der Waals surface area contributed by atoms with Gasteiger partial charge in [0.05, 0.1) is 5.69 Å². The van der Waals surface area contributed by atoms with Crippen LogP contribution in [-0.2, 0) is 0 Å². The molecule has 0 fully saturated rings. The van der Waals surface area contributed by atoms with Crippen LogP contribution in [0.1, 0.15) is 21.6 Å². The molecule has 3 rings (SSSR count). The molecule has 0 saturated carbocycles. The topological polar surface area (TPSA) is 68.0 Å². The van der Waals surface area contributed by atoms with E-state index < -0.39 is 11.8 Å². The van der Waals surface area contributed by atoms with Gasteiger partial charge in [0.2, 0.25) is 0 Å². The van der Waals surface area contributed by atoms with Crippen molar-refractivity contribution in [2.24, 2.45) is 0 Å². The Labute approximate surface area is 132 Å². The van der Waals surface area contributed by atoms with Crippen molar-refractivity contribution in [3.63, 3.8) is 0 Å². The van der Waals surface area contributed by atoms with E-state index in [1.807, 2.05) is 19.1 Å². The molecular formula is C17H14FN3O2. The number of carbonyl (C=O) groups is 1. The molecule has 5 nitrogen and oxygen atoms in total. The Hall–Kier alpha value is -3.02. The zero-order chi connectivity index (χ0) is 16.6. The Kier molecular flexibility index (Phi) is 3.65. The molecule has 0 unspecified atom stereocenters. The molecule has 2 aromatic carbocycles. The first-order valence-electron chi connectivity index (χ1n) is 7.00. The molecule has 0 radical (unpaired) electrons. The van der Waals surface area contributed by atoms with Crippen molar-refractivity contribution in [3.05, 3.63) is 65.1 Å². The number of hydrogen-bond acceptors (Lipinski definition) is 3. The van der Waals surface area contributed by atoms with Gasteiger partial charge in [0.25, 0.3) is 0 Å². The molecule has 0 spiro atoms. The maximum atomic E-state index is 13.6. The molecule has 6 heteroatoms. The van der Waals surface area contributed by atoms with Crippen LogP contribution in [0.3, 0.4) is 0 Å². The first kappa shape index (κ1) is 14.9. The average molecular weight is 311 g/mol. The van der Waals surface area contributed by atoms with Gasteiger partial charge in [-0.25, -0.2) is 13.9 Å². The molecule has 23 heavy (non-hydrogen) atoms. The second kappa shape index (κ2) is 5.64. The molecule has 0 aliphatic heterocycles. The Morgan fingerprint density at radius 2 is 1.83 bits per heavy atom. The fraction of sp³-hybridized carbons (Fsp3) is 0.118. The van der Waals surface area contributed by atoms with Gasteiger partial charge in [0, 0.05) is 5.56 Å². The van der Waals surface area contributed by atoms with Gasteiger partial charge in [0.15, 0.2) is 5.69 Å². The average Bonchev–Trinajstić information content (AvgIpc) is 2.95. The molecule has 0 atom stereocenters. The summed E-state index contributed by atoms with van der Waals surface area (Å²) in [7, 11) is 0. The van der Waals surface area contributed by atoms with E-state index in [9.17, 15) is 14.3 Å². The number of carboxylic acid groups (broad SMARTS) is 1. The zero-order valence-corrected chi connectivity index (χ0v) is 12.6. The third kappa shape index (κ3) is 2.70. The summed E-state index contributed by atoms with van der Waals surface area (Å²) in [4.78, 5) is 11.5. The normalized spacial score (nSPS) is 10.7. The quantitative estimate of drug-likeness (QED) is 0.805. The van der Waals surface area contributed by atoms with Gasteiger partial charge in [-0.15, -0.1) is 5.10 Å². The van der Waals surface area contributed by atoms with Gasteiger partial charge in [-0.1, -0.05) is 41.1 Å². The molecule has 0 aliphatic rings. The number of hydrogen-bond donors (Lipinski definition) is 1. The van der Waals surface area contributed by atoms with Crippen LogP contribution in [-0.4, -0.2) is 26.1 Å². The van der Waals surface area contributed by atoms with E-state index in [2.05, 4.69) is 10.3 Å². The number of aromatic nitrogens is 3. The van der Waals surface area contributed by atoms with Crippen LogP contribution in [0.4, 0.5) is 4.39 Å². The van der Waals surface area contributed by atoms with Crippen LogP contribution in [0.25, 0.3) is 16.9 Å². The van der Waals surface area contributed by atoms with Crippen molar-refractivity contribution in [2.45, 2.75) is 13.8 Å². The fourth-order valence-corrected chi connectivity index (χ4v) is 2.38. The molecule has 3 aromatic rings. The Bertz CT molecular complexity index is 885. The van der Waals surface area contributed by atoms with E-state index in [1.54, 1.807) is 25.1 Å². The maximum absolute atomic E-state index is 13.6. The van der Waals surface area contributed by atoms with Gasteiger partial charge in [-0.2, -0.15) is 0 Å². The highest BCUT2D eigenvalue weighted by atomic mass is 19.1. The summed E-state index contributed by atoms with van der Waals surface area (Å²) in [5.74, 6) is -1.60. The highest BCUT2D eigenvalue weighted by Crippen LogP contribution is 2.27. The number of benzene rings is 2. The lowest BCUT2D eigenvalue weighted by Crippen LogP contribution is -2.05. The largest absolute Gasteiger partial charge is 0.476 e. The predicted octanol–water partition coefficient (Wildman–Crippen LogP) is 3.39. The van der Waals surface area contributed by atoms with Crippen molar-refractivity contribution >= 4 is 5.97 Å². The molecule has 0 bridgehead atoms. The van der Waals surface area contributed by atoms with E-state index in [4.69, 9.17) is 0 Å². The highest BCUT2D eigenvalue weighted by Gasteiger charge is 2.22. The van der Waals surface area contributed by atoms with E-state index in [-0.39, 0.29) is 5.69 Å². The predicted molar refractivity (Wildman–Crippen MR) is 83.2 cm³/mol. The van der Waals surface area contributed by atoms with Gasteiger partial charge in [-0.05, 0) is 31.5 Å². The first-order chi connectivity index (χ1) is 11.0. The summed E-state index contributed by atoms with van der Waals surface area (Å²) in [5, 5.41) is 17.1. The summed E-state index contributed by atoms with van der Waals surface area (Å²) in [6.07, 6.45) is 0. The molecule has 0 amide bonds. The van der Waals surface area contributed by atoms with Gasteiger partial charge in [0.1, 0.15) is 11.5 Å². The second-order valence-corrected chi connectivity index (χ2v) is 5.30. The van der Waals surface area contributed by atoms with Crippen molar-refractivity contribution in [3.8, 4) is 16.9 Å². The number of carboxylic acids is 1. The highest BCUT2D eigenvalue weighted by molar-refractivity contribution is 5.93. The number of aromatic carboxylic acids is 1. The second-order valence-electron chi connectivity index (χ2n) is 5.30. The van der Waals surface area contributed by atoms with E-state index in [0.29, 0.717) is 16.9 Å². The Morgan fingerprint density at radius 1 is 1.13 bits per heavy atom. The lowest BCUT2D eigenvalue weighted by atomic mass is 10.1. The van der Waals surface area contributed by atoms with Crippen molar-refractivity contribution in [1.29, 1.82) is 0 Å². The minimum absolute atomic E-state index is 0.169. The molecule has 1 N–H and O–H groups in total. The summed E-state index contributed by atoms with van der Waals surface area (Å²) < 4.78 is 15.0. The smallest absolute Gasteiger partial charge is 0.358 e. The first-order valence-corrected chi connectivity index (χ1v) is 7.00.